The molecule has 0 aliphatic carbocycles. The predicted molar refractivity (Wildman–Crippen MR) is 71.6 cm³/mol. The lowest BCUT2D eigenvalue weighted by molar-refractivity contribution is -0.138. The standard InChI is InChI=1S/C11H10ClF3N6/c1-5(11(13,14)15)17-10-20-8(19-9(16)21-10)6-3-2-4-7(12)18-6/h2-5H,1H3,(H3,16,17,19,20,21). The van der Waals surface area contributed by atoms with E-state index < -0.39 is 12.2 Å². The molecule has 21 heavy (non-hydrogen) atoms. The van der Waals surface area contributed by atoms with Gasteiger partial charge >= 0.3 is 6.18 Å². The molecule has 0 saturated heterocycles. The molecule has 3 N–H and O–H groups in total. The molecule has 6 nitrogen and oxygen atoms in total. The molecule has 2 heterocycles. The summed E-state index contributed by atoms with van der Waals surface area (Å²) in [6, 6.07) is 2.87. The van der Waals surface area contributed by atoms with Crippen molar-refractivity contribution in [3.8, 4) is 11.5 Å². The van der Waals surface area contributed by atoms with Gasteiger partial charge in [0, 0.05) is 0 Å². The summed E-state index contributed by atoms with van der Waals surface area (Å²) in [5.41, 5.74) is 5.75. The van der Waals surface area contributed by atoms with Gasteiger partial charge in [-0.25, -0.2) is 4.98 Å². The molecule has 0 aliphatic heterocycles. The summed E-state index contributed by atoms with van der Waals surface area (Å²) in [6.07, 6.45) is -4.43. The molecule has 0 spiro atoms. The van der Waals surface area contributed by atoms with E-state index in [1.165, 1.54) is 0 Å². The highest BCUT2D eigenvalue weighted by Crippen LogP contribution is 2.23. The molecule has 0 fully saturated rings. The number of nitrogens with two attached hydrogens (primary N) is 1. The van der Waals surface area contributed by atoms with Crippen LogP contribution < -0.4 is 11.1 Å². The van der Waals surface area contributed by atoms with Gasteiger partial charge in [-0.05, 0) is 19.1 Å². The normalized spacial score (nSPS) is 13.0. The van der Waals surface area contributed by atoms with Crippen LogP contribution in [0.15, 0.2) is 18.2 Å². The highest BCUT2D eigenvalue weighted by molar-refractivity contribution is 6.29. The Morgan fingerprint density at radius 2 is 1.90 bits per heavy atom. The number of nitrogens with one attached hydrogen (secondary N) is 1. The van der Waals surface area contributed by atoms with Crippen LogP contribution in [0.5, 0.6) is 0 Å². The fourth-order valence-corrected chi connectivity index (χ4v) is 1.54. The number of hydrogen-bond acceptors (Lipinski definition) is 6. The molecular weight excluding hydrogens is 309 g/mol. The minimum Gasteiger partial charge on any atom is -0.368 e. The van der Waals surface area contributed by atoms with Gasteiger partial charge < -0.3 is 11.1 Å². The highest BCUT2D eigenvalue weighted by atomic mass is 35.5. The summed E-state index contributed by atoms with van der Waals surface area (Å²) in [5.74, 6) is -0.482. The van der Waals surface area contributed by atoms with Crippen LogP contribution in [0.3, 0.4) is 0 Å². The van der Waals surface area contributed by atoms with Gasteiger partial charge in [0.25, 0.3) is 0 Å². The Kier molecular flexibility index (Phi) is 4.12. The monoisotopic (exact) mass is 318 g/mol. The largest absolute Gasteiger partial charge is 0.408 e. The zero-order valence-corrected chi connectivity index (χ0v) is 11.4. The van der Waals surface area contributed by atoms with E-state index in [4.69, 9.17) is 17.3 Å². The van der Waals surface area contributed by atoms with Crippen LogP contribution in [0.4, 0.5) is 25.1 Å². The number of nitrogen functional groups attached to an aromatic ring is 1. The van der Waals surface area contributed by atoms with Crippen molar-refractivity contribution < 1.29 is 13.2 Å². The Morgan fingerprint density at radius 1 is 1.19 bits per heavy atom. The first kappa shape index (κ1) is 15.2. The van der Waals surface area contributed by atoms with Crippen molar-refractivity contribution in [3.63, 3.8) is 0 Å². The Morgan fingerprint density at radius 3 is 2.52 bits per heavy atom. The number of hydrogen-bond donors (Lipinski definition) is 2. The lowest BCUT2D eigenvalue weighted by atomic mass is 10.3. The van der Waals surface area contributed by atoms with Crippen LogP contribution in [-0.2, 0) is 0 Å². The maximum absolute atomic E-state index is 12.5. The third-order valence-corrected chi connectivity index (χ3v) is 2.64. The van der Waals surface area contributed by atoms with Gasteiger partial charge in [-0.15, -0.1) is 0 Å². The molecule has 0 aliphatic rings. The van der Waals surface area contributed by atoms with Gasteiger partial charge in [-0.1, -0.05) is 17.7 Å². The van der Waals surface area contributed by atoms with Gasteiger partial charge in [0.05, 0.1) is 0 Å². The topological polar surface area (TPSA) is 89.6 Å². The summed E-state index contributed by atoms with van der Waals surface area (Å²) in [6.45, 7) is 0.942. The SMILES string of the molecule is CC(Nc1nc(N)nc(-c2cccc(Cl)n2)n1)C(F)(F)F. The van der Waals surface area contributed by atoms with E-state index in [0.717, 1.165) is 6.92 Å². The van der Waals surface area contributed by atoms with E-state index in [0.29, 0.717) is 0 Å². The second-order valence-electron chi connectivity index (χ2n) is 4.09. The zero-order chi connectivity index (χ0) is 15.6. The lowest BCUT2D eigenvalue weighted by Crippen LogP contribution is -2.34. The van der Waals surface area contributed by atoms with E-state index in [9.17, 15) is 13.2 Å². The van der Waals surface area contributed by atoms with Crippen LogP contribution in [0.1, 0.15) is 6.92 Å². The van der Waals surface area contributed by atoms with Crippen molar-refractivity contribution in [1.82, 2.24) is 19.9 Å². The quantitative estimate of drug-likeness (QED) is 0.845. The molecule has 1 atom stereocenters. The molecule has 1 unspecified atom stereocenters. The molecule has 112 valence electrons. The van der Waals surface area contributed by atoms with E-state index in [-0.39, 0.29) is 28.6 Å². The van der Waals surface area contributed by atoms with Crippen LogP contribution in [-0.4, -0.2) is 32.2 Å². The van der Waals surface area contributed by atoms with Gasteiger partial charge in [0.15, 0.2) is 5.82 Å². The second-order valence-corrected chi connectivity index (χ2v) is 4.48. The molecule has 0 bridgehead atoms. The lowest BCUT2D eigenvalue weighted by Gasteiger charge is -2.17. The zero-order valence-electron chi connectivity index (χ0n) is 10.7. The first-order valence-corrected chi connectivity index (χ1v) is 6.11. The third kappa shape index (κ3) is 3.91. The smallest absolute Gasteiger partial charge is 0.368 e. The molecule has 2 rings (SSSR count). The summed E-state index contributed by atoms with van der Waals surface area (Å²) >= 11 is 5.74. The predicted octanol–water partition coefficient (Wildman–Crippen LogP) is 2.53. The fraction of sp³-hybridized carbons (Fsp3) is 0.273. The molecule has 2 aromatic heterocycles. The van der Waals surface area contributed by atoms with Gasteiger partial charge in [0.1, 0.15) is 16.9 Å². The number of nitrogens with zero attached hydrogens (tertiary/aromatic N) is 4. The van der Waals surface area contributed by atoms with E-state index >= 15 is 0 Å². The van der Waals surface area contributed by atoms with Crippen molar-refractivity contribution >= 4 is 23.5 Å². The minimum atomic E-state index is -4.43. The number of halogens is 4. The van der Waals surface area contributed by atoms with Crippen molar-refractivity contribution in [2.24, 2.45) is 0 Å². The van der Waals surface area contributed by atoms with Gasteiger partial charge in [0.2, 0.25) is 11.9 Å². The molecule has 0 saturated carbocycles. The molecule has 0 aromatic carbocycles. The van der Waals surface area contributed by atoms with Gasteiger partial charge in [-0.2, -0.15) is 28.1 Å². The number of alkyl halides is 3. The van der Waals surface area contributed by atoms with Crippen LogP contribution in [0.2, 0.25) is 5.15 Å². The summed E-state index contributed by atoms with van der Waals surface area (Å²) in [5, 5.41) is 2.32. The van der Waals surface area contributed by atoms with E-state index in [2.05, 4.69) is 25.3 Å². The Balaban J connectivity index is 2.34. The maximum Gasteiger partial charge on any atom is 0.408 e. The molecule has 0 radical (unpaired) electrons. The number of aromatic nitrogens is 4. The average molecular weight is 319 g/mol. The van der Waals surface area contributed by atoms with E-state index in [1.54, 1.807) is 18.2 Å². The molecular formula is C11H10ClF3N6. The first-order valence-electron chi connectivity index (χ1n) is 5.73. The molecule has 0 amide bonds. The molecule has 2 aromatic rings. The Bertz CT molecular complexity index is 648. The van der Waals surface area contributed by atoms with Crippen molar-refractivity contribution in [2.75, 3.05) is 11.1 Å². The third-order valence-electron chi connectivity index (χ3n) is 2.43. The van der Waals surface area contributed by atoms with Crippen LogP contribution >= 0.6 is 11.6 Å². The Hall–Kier alpha value is -2.16. The summed E-state index contributed by atoms with van der Waals surface area (Å²) in [7, 11) is 0. The summed E-state index contributed by atoms with van der Waals surface area (Å²) < 4.78 is 37.6. The van der Waals surface area contributed by atoms with Crippen molar-refractivity contribution in [1.29, 1.82) is 0 Å². The van der Waals surface area contributed by atoms with Crippen molar-refractivity contribution in [2.45, 2.75) is 19.1 Å². The van der Waals surface area contributed by atoms with Gasteiger partial charge in [-0.3, -0.25) is 0 Å². The maximum atomic E-state index is 12.5. The molecule has 10 heteroatoms. The Labute approximate surface area is 122 Å². The number of anilines is 2. The van der Waals surface area contributed by atoms with Crippen LogP contribution in [0, 0.1) is 0 Å². The number of rotatable bonds is 3. The minimum absolute atomic E-state index is 0.0295. The van der Waals surface area contributed by atoms with Crippen molar-refractivity contribution in [3.05, 3.63) is 23.4 Å². The fourth-order valence-electron chi connectivity index (χ4n) is 1.38. The average Bonchev–Trinajstić information content (AvgIpc) is 2.37. The van der Waals surface area contributed by atoms with Crippen LogP contribution in [0.25, 0.3) is 11.5 Å². The van der Waals surface area contributed by atoms with E-state index in [1.807, 2.05) is 0 Å². The highest BCUT2D eigenvalue weighted by Gasteiger charge is 2.36. The summed E-state index contributed by atoms with van der Waals surface area (Å²) in [4.78, 5) is 15.3. The number of pyridine rings is 1. The second kappa shape index (κ2) is 5.68. The first-order chi connectivity index (χ1) is 9.75.